The minimum atomic E-state index is -3.70. The molecule has 0 aliphatic rings. The highest BCUT2D eigenvalue weighted by Crippen LogP contribution is 2.02. The summed E-state index contributed by atoms with van der Waals surface area (Å²) in [4.78, 5) is 22.6. The largest absolute Gasteiger partial charge is 0.480 e. The van der Waals surface area contributed by atoms with Crippen molar-refractivity contribution >= 4 is 21.9 Å². The van der Waals surface area contributed by atoms with Crippen molar-refractivity contribution in [3.63, 3.8) is 0 Å². The Bertz CT molecular complexity index is 454. The van der Waals surface area contributed by atoms with E-state index >= 15 is 0 Å². The number of hydrogen-bond donors (Lipinski definition) is 2. The van der Waals surface area contributed by atoms with E-state index in [0.717, 1.165) is 4.31 Å². The van der Waals surface area contributed by atoms with Gasteiger partial charge in [0.25, 0.3) is 0 Å². The number of amides is 1. The molecular formula is C12H22N2O5S. The second-order valence-corrected chi connectivity index (χ2v) is 6.07. The van der Waals surface area contributed by atoms with Gasteiger partial charge >= 0.3 is 5.97 Å². The van der Waals surface area contributed by atoms with Crippen LogP contribution < -0.4 is 5.32 Å². The lowest BCUT2D eigenvalue weighted by molar-refractivity contribution is -0.141. The fraction of sp³-hybridized carbons (Fsp3) is 0.667. The molecule has 1 amide bonds. The molecule has 0 fully saturated rings. The van der Waals surface area contributed by atoms with Crippen LogP contribution >= 0.6 is 0 Å². The number of nitrogens with one attached hydrogen (secondary N) is 1. The van der Waals surface area contributed by atoms with Crippen molar-refractivity contribution in [1.29, 1.82) is 0 Å². The first-order valence-corrected chi connectivity index (χ1v) is 8.00. The molecule has 2 N–H and O–H groups in total. The summed E-state index contributed by atoms with van der Waals surface area (Å²) in [5.74, 6) is -2.75. The number of aliphatic carboxylic acids is 1. The topological polar surface area (TPSA) is 104 Å². The number of carbonyl (C=O) groups is 2. The maximum atomic E-state index is 11.9. The van der Waals surface area contributed by atoms with E-state index in [0.29, 0.717) is 0 Å². The lowest BCUT2D eigenvalue weighted by Gasteiger charge is -2.19. The summed E-state index contributed by atoms with van der Waals surface area (Å²) in [6.45, 7) is 5.61. The molecule has 0 saturated carbocycles. The van der Waals surface area contributed by atoms with Crippen LogP contribution in [0.4, 0.5) is 0 Å². The average molecular weight is 306 g/mol. The van der Waals surface area contributed by atoms with Gasteiger partial charge in [-0.3, -0.25) is 4.79 Å². The zero-order valence-corrected chi connectivity index (χ0v) is 12.8. The molecule has 0 spiro atoms. The third kappa shape index (κ3) is 6.16. The van der Waals surface area contributed by atoms with E-state index in [2.05, 4.69) is 5.32 Å². The van der Waals surface area contributed by atoms with Crippen molar-refractivity contribution in [2.24, 2.45) is 0 Å². The zero-order chi connectivity index (χ0) is 15.8. The fourth-order valence-corrected chi connectivity index (χ4v) is 2.99. The Morgan fingerprint density at radius 2 is 1.85 bits per heavy atom. The van der Waals surface area contributed by atoms with Gasteiger partial charge in [-0.2, -0.15) is 0 Å². The van der Waals surface area contributed by atoms with Crippen molar-refractivity contribution in [3.05, 3.63) is 12.2 Å². The van der Waals surface area contributed by atoms with Crippen LogP contribution in [0.5, 0.6) is 0 Å². The summed E-state index contributed by atoms with van der Waals surface area (Å²) in [7, 11) is -3.70. The molecule has 0 aromatic rings. The van der Waals surface area contributed by atoms with E-state index in [4.69, 9.17) is 5.11 Å². The number of carboxylic acid groups (broad SMARTS) is 1. The van der Waals surface area contributed by atoms with E-state index in [1.54, 1.807) is 32.9 Å². The molecule has 0 aromatic heterocycles. The number of hydrogen-bond acceptors (Lipinski definition) is 4. The molecule has 1 atom stereocenters. The standard InChI is InChI=1S/C12H22N2O5S/c1-4-7-8-10(12(16)17)13-11(15)9-20(18,19)14(5-2)6-3/h4,7,10H,5-6,8-9H2,1-3H3,(H,13,15)(H,16,17)/b7-4+. The first-order chi connectivity index (χ1) is 9.28. The summed E-state index contributed by atoms with van der Waals surface area (Å²) in [6.07, 6.45) is 3.37. The number of allylic oxidation sites excluding steroid dienone is 1. The first-order valence-electron chi connectivity index (χ1n) is 6.39. The first kappa shape index (κ1) is 18.6. The molecular weight excluding hydrogens is 284 g/mol. The molecule has 0 bridgehead atoms. The fourth-order valence-electron chi connectivity index (χ4n) is 1.60. The van der Waals surface area contributed by atoms with Crippen LogP contribution in [0.3, 0.4) is 0 Å². The van der Waals surface area contributed by atoms with Crippen molar-refractivity contribution in [2.75, 3.05) is 18.8 Å². The average Bonchev–Trinajstić information content (AvgIpc) is 2.34. The molecule has 0 aromatic carbocycles. The van der Waals surface area contributed by atoms with Crippen LogP contribution in [-0.2, 0) is 19.6 Å². The molecule has 8 heteroatoms. The number of carbonyl (C=O) groups excluding carboxylic acids is 1. The van der Waals surface area contributed by atoms with Gasteiger partial charge in [-0.1, -0.05) is 26.0 Å². The Morgan fingerprint density at radius 1 is 1.30 bits per heavy atom. The van der Waals surface area contributed by atoms with Gasteiger partial charge in [0.1, 0.15) is 11.8 Å². The number of nitrogens with zero attached hydrogens (tertiary/aromatic N) is 1. The predicted octanol–water partition coefficient (Wildman–Crippen LogP) is 0.194. The Hall–Kier alpha value is -1.41. The van der Waals surface area contributed by atoms with Gasteiger partial charge in [0.05, 0.1) is 0 Å². The van der Waals surface area contributed by atoms with Gasteiger partial charge in [0.2, 0.25) is 15.9 Å². The van der Waals surface area contributed by atoms with Crippen molar-refractivity contribution in [1.82, 2.24) is 9.62 Å². The molecule has 7 nitrogen and oxygen atoms in total. The van der Waals surface area contributed by atoms with E-state index < -0.39 is 33.7 Å². The van der Waals surface area contributed by atoms with Gasteiger partial charge in [0, 0.05) is 13.1 Å². The second-order valence-electron chi connectivity index (χ2n) is 4.10. The molecule has 0 heterocycles. The van der Waals surface area contributed by atoms with Crippen molar-refractivity contribution in [2.45, 2.75) is 33.2 Å². The molecule has 0 radical (unpaired) electrons. The van der Waals surface area contributed by atoms with Gasteiger partial charge < -0.3 is 10.4 Å². The van der Waals surface area contributed by atoms with Gasteiger partial charge in [-0.15, -0.1) is 0 Å². The SMILES string of the molecule is C/C=C/CC(NC(=O)CS(=O)(=O)N(CC)CC)C(=O)O. The van der Waals surface area contributed by atoms with Gasteiger partial charge in [0.15, 0.2) is 0 Å². The van der Waals surface area contributed by atoms with Crippen LogP contribution in [0, 0.1) is 0 Å². The van der Waals surface area contributed by atoms with Crippen LogP contribution in [-0.4, -0.2) is 54.6 Å². The molecule has 20 heavy (non-hydrogen) atoms. The van der Waals surface area contributed by atoms with Crippen LogP contribution in [0.1, 0.15) is 27.2 Å². The number of rotatable bonds is 9. The van der Waals surface area contributed by atoms with E-state index in [-0.39, 0.29) is 19.5 Å². The third-order valence-electron chi connectivity index (χ3n) is 2.65. The summed E-state index contributed by atoms with van der Waals surface area (Å²) in [6, 6.07) is -1.12. The predicted molar refractivity (Wildman–Crippen MR) is 75.7 cm³/mol. The lowest BCUT2D eigenvalue weighted by atomic mass is 10.2. The van der Waals surface area contributed by atoms with Gasteiger partial charge in [-0.05, 0) is 13.3 Å². The van der Waals surface area contributed by atoms with Crippen molar-refractivity contribution < 1.29 is 23.1 Å². The van der Waals surface area contributed by atoms with Crippen LogP contribution in [0.2, 0.25) is 0 Å². The highest BCUT2D eigenvalue weighted by Gasteiger charge is 2.25. The van der Waals surface area contributed by atoms with Crippen LogP contribution in [0.15, 0.2) is 12.2 Å². The normalized spacial score (nSPS) is 13.6. The molecule has 1 unspecified atom stereocenters. The highest BCUT2D eigenvalue weighted by atomic mass is 32.2. The third-order valence-corrected chi connectivity index (χ3v) is 4.58. The Kier molecular flexibility index (Phi) is 8.09. The minimum absolute atomic E-state index is 0.114. The van der Waals surface area contributed by atoms with Crippen LogP contribution in [0.25, 0.3) is 0 Å². The van der Waals surface area contributed by atoms with Crippen molar-refractivity contribution in [3.8, 4) is 0 Å². The molecule has 0 aliphatic carbocycles. The number of carboxylic acids is 1. The molecule has 0 aliphatic heterocycles. The molecule has 116 valence electrons. The van der Waals surface area contributed by atoms with E-state index in [1.165, 1.54) is 0 Å². The highest BCUT2D eigenvalue weighted by molar-refractivity contribution is 7.89. The Balaban J connectivity index is 4.72. The number of sulfonamides is 1. The maximum absolute atomic E-state index is 11.9. The second kappa shape index (κ2) is 8.70. The monoisotopic (exact) mass is 306 g/mol. The van der Waals surface area contributed by atoms with E-state index in [9.17, 15) is 18.0 Å². The van der Waals surface area contributed by atoms with E-state index in [1.807, 2.05) is 0 Å². The zero-order valence-electron chi connectivity index (χ0n) is 12.0. The van der Waals surface area contributed by atoms with Gasteiger partial charge in [-0.25, -0.2) is 17.5 Å². The lowest BCUT2D eigenvalue weighted by Crippen LogP contribution is -2.45. The Morgan fingerprint density at radius 3 is 2.25 bits per heavy atom. The maximum Gasteiger partial charge on any atom is 0.326 e. The summed E-state index contributed by atoms with van der Waals surface area (Å²) in [5.41, 5.74) is 0. The summed E-state index contributed by atoms with van der Waals surface area (Å²) >= 11 is 0. The summed E-state index contributed by atoms with van der Waals surface area (Å²) in [5, 5.41) is 11.2. The molecule has 0 saturated heterocycles. The summed E-state index contributed by atoms with van der Waals surface area (Å²) < 4.78 is 24.9. The molecule has 0 rings (SSSR count). The minimum Gasteiger partial charge on any atom is -0.480 e. The Labute approximate surface area is 119 Å². The quantitative estimate of drug-likeness (QED) is 0.592. The smallest absolute Gasteiger partial charge is 0.326 e.